The first-order valence-corrected chi connectivity index (χ1v) is 10.8. The van der Waals surface area contributed by atoms with Crippen LogP contribution in [0.2, 0.25) is 0 Å². The van der Waals surface area contributed by atoms with Gasteiger partial charge in [0.2, 0.25) is 5.95 Å². The van der Waals surface area contributed by atoms with Crippen LogP contribution in [0.5, 0.6) is 0 Å². The van der Waals surface area contributed by atoms with Crippen molar-refractivity contribution >= 4 is 28.5 Å². The van der Waals surface area contributed by atoms with Gasteiger partial charge >= 0.3 is 0 Å². The molecule has 4 heterocycles. The summed E-state index contributed by atoms with van der Waals surface area (Å²) in [5.41, 5.74) is 9.22. The average Bonchev–Trinajstić information content (AvgIpc) is 2.79. The lowest BCUT2D eigenvalue weighted by molar-refractivity contribution is 0.0973. The second-order valence-electron chi connectivity index (χ2n) is 8.27. The second kappa shape index (κ2) is 8.28. The number of nitrogens with zero attached hydrogens (tertiary/aromatic N) is 5. The summed E-state index contributed by atoms with van der Waals surface area (Å²) in [5, 5.41) is 0.950. The van der Waals surface area contributed by atoms with Crippen LogP contribution in [0.4, 0.5) is 17.5 Å². The minimum Gasteiger partial charge on any atom is -0.399 e. The number of aromatic nitrogens is 3. The number of hydrogen-bond donors (Lipinski definition) is 1. The molecule has 3 aromatic rings. The van der Waals surface area contributed by atoms with E-state index in [9.17, 15) is 0 Å². The zero-order chi connectivity index (χ0) is 21.4. The summed E-state index contributed by atoms with van der Waals surface area (Å²) >= 11 is 0. The van der Waals surface area contributed by atoms with Gasteiger partial charge in [-0.3, -0.25) is 0 Å². The fourth-order valence-corrected chi connectivity index (χ4v) is 4.26. The Morgan fingerprint density at radius 1 is 0.903 bits per heavy atom. The Bertz CT molecular complexity index is 1090. The van der Waals surface area contributed by atoms with E-state index in [4.69, 9.17) is 30.2 Å². The van der Waals surface area contributed by atoms with E-state index in [0.717, 1.165) is 35.6 Å². The van der Waals surface area contributed by atoms with Crippen LogP contribution in [0.1, 0.15) is 13.8 Å². The maximum Gasteiger partial charge on any atom is 0.229 e. The normalized spacial score (nSPS) is 22.1. The average molecular weight is 421 g/mol. The molecule has 0 saturated carbocycles. The van der Waals surface area contributed by atoms with Gasteiger partial charge in [-0.2, -0.15) is 9.97 Å². The molecule has 1 aromatic carbocycles. The summed E-state index contributed by atoms with van der Waals surface area (Å²) in [6.45, 7) is 8.58. The summed E-state index contributed by atoms with van der Waals surface area (Å²) < 4.78 is 11.3. The van der Waals surface area contributed by atoms with Crippen molar-refractivity contribution < 1.29 is 9.47 Å². The molecule has 2 aromatic heterocycles. The first kappa shape index (κ1) is 20.0. The Balaban J connectivity index is 1.66. The highest BCUT2D eigenvalue weighted by atomic mass is 16.5. The maximum absolute atomic E-state index is 5.99. The van der Waals surface area contributed by atoms with Crippen LogP contribution in [0.25, 0.3) is 22.3 Å². The molecule has 5 rings (SSSR count). The van der Waals surface area contributed by atoms with Crippen molar-refractivity contribution in [1.82, 2.24) is 15.0 Å². The van der Waals surface area contributed by atoms with Crippen molar-refractivity contribution in [2.75, 3.05) is 55.1 Å². The standard InChI is InChI=1S/C23H28N6O2/c1-15-13-30-10-8-28(15)22-19-6-7-20(17-4-3-5-18(24)12-17)25-21(19)26-23(27-22)29-9-11-31-14-16(29)2/h3-7,12,15-16H,8-11,13-14,24H2,1-2H3/t15-,16?/m0/s1. The highest BCUT2D eigenvalue weighted by Gasteiger charge is 2.27. The van der Waals surface area contributed by atoms with Gasteiger partial charge in [0, 0.05) is 24.3 Å². The number of anilines is 3. The summed E-state index contributed by atoms with van der Waals surface area (Å²) in [7, 11) is 0. The molecule has 0 bridgehead atoms. The molecule has 8 heteroatoms. The predicted molar refractivity (Wildman–Crippen MR) is 122 cm³/mol. The van der Waals surface area contributed by atoms with Crippen molar-refractivity contribution in [3.63, 3.8) is 0 Å². The molecule has 2 saturated heterocycles. The van der Waals surface area contributed by atoms with Gasteiger partial charge in [0.05, 0.1) is 49.6 Å². The highest BCUT2D eigenvalue weighted by Crippen LogP contribution is 2.31. The van der Waals surface area contributed by atoms with E-state index in [1.54, 1.807) is 0 Å². The quantitative estimate of drug-likeness (QED) is 0.647. The van der Waals surface area contributed by atoms with Crippen LogP contribution in [0.15, 0.2) is 36.4 Å². The number of rotatable bonds is 3. The van der Waals surface area contributed by atoms with E-state index in [-0.39, 0.29) is 12.1 Å². The lowest BCUT2D eigenvalue weighted by atomic mass is 10.1. The van der Waals surface area contributed by atoms with Crippen LogP contribution < -0.4 is 15.5 Å². The van der Waals surface area contributed by atoms with E-state index in [0.29, 0.717) is 43.7 Å². The van der Waals surface area contributed by atoms with E-state index >= 15 is 0 Å². The minimum atomic E-state index is 0.207. The third-order valence-corrected chi connectivity index (χ3v) is 5.97. The largest absolute Gasteiger partial charge is 0.399 e. The maximum atomic E-state index is 5.99. The molecule has 2 aliphatic rings. The van der Waals surface area contributed by atoms with Gasteiger partial charge in [-0.15, -0.1) is 0 Å². The molecule has 31 heavy (non-hydrogen) atoms. The first-order chi connectivity index (χ1) is 15.1. The van der Waals surface area contributed by atoms with Gasteiger partial charge in [0.15, 0.2) is 5.65 Å². The number of benzene rings is 1. The van der Waals surface area contributed by atoms with Crippen molar-refractivity contribution in [3.8, 4) is 11.3 Å². The van der Waals surface area contributed by atoms with Gasteiger partial charge in [0.25, 0.3) is 0 Å². The Labute approximate surface area is 182 Å². The van der Waals surface area contributed by atoms with Crippen molar-refractivity contribution in [2.24, 2.45) is 0 Å². The summed E-state index contributed by atoms with van der Waals surface area (Å²) in [5.74, 6) is 1.62. The number of hydrogen-bond acceptors (Lipinski definition) is 8. The Morgan fingerprint density at radius 3 is 2.35 bits per heavy atom. The third-order valence-electron chi connectivity index (χ3n) is 5.97. The Morgan fingerprint density at radius 2 is 1.65 bits per heavy atom. The molecular formula is C23H28N6O2. The smallest absolute Gasteiger partial charge is 0.229 e. The van der Waals surface area contributed by atoms with Crippen LogP contribution >= 0.6 is 0 Å². The van der Waals surface area contributed by atoms with Crippen LogP contribution in [-0.4, -0.2) is 66.6 Å². The fraction of sp³-hybridized carbons (Fsp3) is 0.435. The van der Waals surface area contributed by atoms with Crippen molar-refractivity contribution in [1.29, 1.82) is 0 Å². The Kier molecular flexibility index (Phi) is 5.33. The van der Waals surface area contributed by atoms with Gasteiger partial charge in [-0.25, -0.2) is 4.98 Å². The third kappa shape index (κ3) is 3.88. The van der Waals surface area contributed by atoms with Crippen molar-refractivity contribution in [3.05, 3.63) is 36.4 Å². The Hall–Kier alpha value is -2.97. The number of nitrogens with two attached hydrogens (primary N) is 1. The molecule has 8 nitrogen and oxygen atoms in total. The SMILES string of the molecule is CC1COCCN1c1nc(N2CCOC[C@@H]2C)c2ccc(-c3cccc(N)c3)nc2n1. The molecule has 2 aliphatic heterocycles. The molecule has 2 N–H and O–H groups in total. The molecule has 1 unspecified atom stereocenters. The first-order valence-electron chi connectivity index (χ1n) is 10.8. The van der Waals surface area contributed by atoms with E-state index in [1.165, 1.54) is 0 Å². The highest BCUT2D eigenvalue weighted by molar-refractivity contribution is 5.90. The minimum absolute atomic E-state index is 0.207. The summed E-state index contributed by atoms with van der Waals surface area (Å²) in [4.78, 5) is 19.4. The predicted octanol–water partition coefficient (Wildman–Crippen LogP) is 2.72. The summed E-state index contributed by atoms with van der Waals surface area (Å²) in [6, 6.07) is 12.3. The van der Waals surface area contributed by atoms with Crippen LogP contribution in [0.3, 0.4) is 0 Å². The van der Waals surface area contributed by atoms with Crippen LogP contribution in [-0.2, 0) is 9.47 Å². The number of morpholine rings is 2. The van der Waals surface area contributed by atoms with Gasteiger partial charge in [-0.1, -0.05) is 12.1 Å². The molecule has 0 amide bonds. The van der Waals surface area contributed by atoms with E-state index < -0.39 is 0 Å². The van der Waals surface area contributed by atoms with Gasteiger partial charge < -0.3 is 25.0 Å². The second-order valence-corrected chi connectivity index (χ2v) is 8.27. The lowest BCUT2D eigenvalue weighted by Crippen LogP contribution is -2.46. The molecule has 0 spiro atoms. The summed E-state index contributed by atoms with van der Waals surface area (Å²) in [6.07, 6.45) is 0. The number of pyridine rings is 1. The fourth-order valence-electron chi connectivity index (χ4n) is 4.26. The molecular weight excluding hydrogens is 392 g/mol. The molecule has 2 atom stereocenters. The van der Waals surface area contributed by atoms with E-state index in [1.807, 2.05) is 30.3 Å². The number of nitrogen functional groups attached to an aromatic ring is 1. The van der Waals surface area contributed by atoms with Gasteiger partial charge in [-0.05, 0) is 38.1 Å². The van der Waals surface area contributed by atoms with Crippen LogP contribution in [0, 0.1) is 0 Å². The number of fused-ring (bicyclic) bond motifs is 1. The molecule has 162 valence electrons. The van der Waals surface area contributed by atoms with Gasteiger partial charge in [0.1, 0.15) is 5.82 Å². The molecule has 2 fully saturated rings. The lowest BCUT2D eigenvalue weighted by Gasteiger charge is -2.37. The molecule has 0 aliphatic carbocycles. The molecule has 0 radical (unpaired) electrons. The zero-order valence-electron chi connectivity index (χ0n) is 18.0. The monoisotopic (exact) mass is 420 g/mol. The van der Waals surface area contributed by atoms with Crippen molar-refractivity contribution in [2.45, 2.75) is 25.9 Å². The topological polar surface area (TPSA) is 89.6 Å². The number of ether oxygens (including phenoxy) is 2. The zero-order valence-corrected chi connectivity index (χ0v) is 18.0. The van der Waals surface area contributed by atoms with E-state index in [2.05, 4.69) is 29.7 Å².